The fraction of sp³-hybridized carbons (Fsp3) is 0.889. The molecule has 0 aromatic heterocycles. The number of hydrogen-bond donors (Lipinski definition) is 1. The monoisotopic (exact) mass is 184 g/mol. The van der Waals surface area contributed by atoms with Gasteiger partial charge >= 0.3 is 6.09 Å². The van der Waals surface area contributed by atoms with E-state index in [0.717, 1.165) is 32.6 Å². The second-order valence-electron chi connectivity index (χ2n) is 4.07. The molecule has 0 aromatic carbocycles. The van der Waals surface area contributed by atoms with E-state index in [9.17, 15) is 4.79 Å². The van der Waals surface area contributed by atoms with Crippen LogP contribution in [-0.2, 0) is 4.74 Å². The molecule has 2 saturated heterocycles. The number of nitrogens with one attached hydrogen (secondary N) is 1. The van der Waals surface area contributed by atoms with Crippen molar-refractivity contribution >= 4 is 6.09 Å². The lowest BCUT2D eigenvalue weighted by Gasteiger charge is -2.21. The molecule has 1 amide bonds. The fourth-order valence-corrected chi connectivity index (χ4v) is 2.36. The third-order valence-corrected chi connectivity index (χ3v) is 3.20. The van der Waals surface area contributed by atoms with Crippen molar-refractivity contribution in [1.82, 2.24) is 10.2 Å². The molecule has 1 atom stereocenters. The minimum Gasteiger partial charge on any atom is -0.453 e. The van der Waals surface area contributed by atoms with Gasteiger partial charge in [0, 0.05) is 25.0 Å². The molecule has 1 spiro atoms. The summed E-state index contributed by atoms with van der Waals surface area (Å²) in [5.41, 5.74) is 0.355. The van der Waals surface area contributed by atoms with Crippen LogP contribution in [0.3, 0.4) is 0 Å². The van der Waals surface area contributed by atoms with E-state index in [1.165, 1.54) is 13.5 Å². The zero-order valence-electron chi connectivity index (χ0n) is 8.01. The Balaban J connectivity index is 1.96. The van der Waals surface area contributed by atoms with Crippen LogP contribution in [0.2, 0.25) is 0 Å². The maximum absolute atomic E-state index is 11.2. The highest BCUT2D eigenvalue weighted by atomic mass is 16.5. The van der Waals surface area contributed by atoms with Gasteiger partial charge in [-0.05, 0) is 19.4 Å². The van der Waals surface area contributed by atoms with E-state index in [-0.39, 0.29) is 6.09 Å². The molecule has 0 radical (unpaired) electrons. The first-order chi connectivity index (χ1) is 6.26. The lowest BCUT2D eigenvalue weighted by Crippen LogP contribution is -2.33. The number of methoxy groups -OCH3 is 1. The van der Waals surface area contributed by atoms with Gasteiger partial charge in [-0.15, -0.1) is 0 Å². The molecular weight excluding hydrogens is 168 g/mol. The normalized spacial score (nSPS) is 32.8. The molecule has 0 aromatic rings. The van der Waals surface area contributed by atoms with Crippen LogP contribution in [0, 0.1) is 5.41 Å². The molecule has 2 rings (SSSR count). The zero-order chi connectivity index (χ0) is 9.31. The largest absolute Gasteiger partial charge is 0.453 e. The molecule has 1 N–H and O–H groups in total. The van der Waals surface area contributed by atoms with Gasteiger partial charge in [-0.1, -0.05) is 0 Å². The fourth-order valence-electron chi connectivity index (χ4n) is 2.36. The number of amides is 1. The summed E-state index contributed by atoms with van der Waals surface area (Å²) < 4.78 is 4.70. The van der Waals surface area contributed by atoms with Crippen LogP contribution >= 0.6 is 0 Å². The summed E-state index contributed by atoms with van der Waals surface area (Å²) in [6.45, 7) is 3.87. The van der Waals surface area contributed by atoms with Crippen molar-refractivity contribution < 1.29 is 9.53 Å². The number of nitrogens with zero attached hydrogens (tertiary/aromatic N) is 1. The van der Waals surface area contributed by atoms with Gasteiger partial charge in [-0.25, -0.2) is 4.79 Å². The van der Waals surface area contributed by atoms with Gasteiger partial charge < -0.3 is 15.0 Å². The Bertz CT molecular complexity index is 212. The predicted molar refractivity (Wildman–Crippen MR) is 48.5 cm³/mol. The molecule has 2 aliphatic heterocycles. The van der Waals surface area contributed by atoms with Crippen LogP contribution in [0.25, 0.3) is 0 Å². The topological polar surface area (TPSA) is 41.6 Å². The smallest absolute Gasteiger partial charge is 0.409 e. The summed E-state index contributed by atoms with van der Waals surface area (Å²) in [6, 6.07) is 0. The molecule has 2 heterocycles. The number of hydrogen-bond acceptors (Lipinski definition) is 3. The second-order valence-corrected chi connectivity index (χ2v) is 4.07. The first-order valence-electron chi connectivity index (χ1n) is 4.79. The van der Waals surface area contributed by atoms with Crippen molar-refractivity contribution in [3.05, 3.63) is 0 Å². The number of likely N-dealkylation sites (tertiary alicyclic amines) is 1. The minimum atomic E-state index is -0.177. The van der Waals surface area contributed by atoms with Crippen LogP contribution in [0.15, 0.2) is 0 Å². The molecule has 4 nitrogen and oxygen atoms in total. The summed E-state index contributed by atoms with van der Waals surface area (Å²) in [5.74, 6) is 0. The Hall–Kier alpha value is -0.770. The van der Waals surface area contributed by atoms with Gasteiger partial charge in [0.15, 0.2) is 0 Å². The maximum atomic E-state index is 11.2. The third kappa shape index (κ3) is 1.50. The highest BCUT2D eigenvalue weighted by molar-refractivity contribution is 5.67. The molecule has 0 aliphatic carbocycles. The Morgan fingerprint density at radius 1 is 1.54 bits per heavy atom. The number of carbonyl (C=O) groups is 1. The van der Waals surface area contributed by atoms with E-state index in [1.807, 2.05) is 4.90 Å². The average molecular weight is 184 g/mol. The SMILES string of the molecule is COC(=O)N1CCC2(CCNC2)C1. The van der Waals surface area contributed by atoms with E-state index < -0.39 is 0 Å². The lowest BCUT2D eigenvalue weighted by atomic mass is 9.87. The Morgan fingerprint density at radius 2 is 2.38 bits per heavy atom. The molecule has 74 valence electrons. The highest BCUT2D eigenvalue weighted by Crippen LogP contribution is 2.35. The zero-order valence-corrected chi connectivity index (χ0v) is 8.01. The Kier molecular flexibility index (Phi) is 2.15. The van der Waals surface area contributed by atoms with Gasteiger partial charge in [0.2, 0.25) is 0 Å². The standard InChI is InChI=1S/C9H16N2O2/c1-13-8(12)11-5-3-9(7-11)2-4-10-6-9/h10H,2-7H2,1H3. The maximum Gasteiger partial charge on any atom is 0.409 e. The number of rotatable bonds is 0. The van der Waals surface area contributed by atoms with Crippen molar-refractivity contribution in [3.63, 3.8) is 0 Å². The summed E-state index contributed by atoms with van der Waals surface area (Å²) >= 11 is 0. The molecule has 13 heavy (non-hydrogen) atoms. The summed E-state index contributed by atoms with van der Waals surface area (Å²) in [7, 11) is 1.44. The van der Waals surface area contributed by atoms with Crippen molar-refractivity contribution in [2.24, 2.45) is 5.41 Å². The van der Waals surface area contributed by atoms with E-state index in [0.29, 0.717) is 5.41 Å². The van der Waals surface area contributed by atoms with E-state index >= 15 is 0 Å². The predicted octanol–water partition coefficient (Wildman–Crippen LogP) is 0.438. The van der Waals surface area contributed by atoms with Crippen molar-refractivity contribution in [1.29, 1.82) is 0 Å². The first-order valence-corrected chi connectivity index (χ1v) is 4.79. The third-order valence-electron chi connectivity index (χ3n) is 3.20. The van der Waals surface area contributed by atoms with E-state index in [1.54, 1.807) is 0 Å². The highest BCUT2D eigenvalue weighted by Gasteiger charge is 2.42. The van der Waals surface area contributed by atoms with Gasteiger partial charge in [0.25, 0.3) is 0 Å². The summed E-state index contributed by atoms with van der Waals surface area (Å²) in [6.07, 6.45) is 2.14. The van der Waals surface area contributed by atoms with Gasteiger partial charge in [0.1, 0.15) is 0 Å². The molecule has 0 saturated carbocycles. The van der Waals surface area contributed by atoms with Gasteiger partial charge in [-0.3, -0.25) is 0 Å². The van der Waals surface area contributed by atoms with Crippen molar-refractivity contribution in [2.75, 3.05) is 33.3 Å². The average Bonchev–Trinajstić information content (AvgIpc) is 2.76. The molecule has 2 fully saturated rings. The molecular formula is C9H16N2O2. The lowest BCUT2D eigenvalue weighted by molar-refractivity contribution is 0.128. The molecule has 0 bridgehead atoms. The quantitative estimate of drug-likeness (QED) is 0.594. The molecule has 1 unspecified atom stereocenters. The summed E-state index contributed by atoms with van der Waals surface area (Å²) in [5, 5.41) is 3.35. The van der Waals surface area contributed by atoms with Crippen LogP contribution < -0.4 is 5.32 Å². The second kappa shape index (κ2) is 3.18. The van der Waals surface area contributed by atoms with Crippen molar-refractivity contribution in [2.45, 2.75) is 12.8 Å². The number of ether oxygens (including phenoxy) is 1. The number of carbonyl (C=O) groups excluding carboxylic acids is 1. The van der Waals surface area contributed by atoms with Crippen LogP contribution in [-0.4, -0.2) is 44.3 Å². The van der Waals surface area contributed by atoms with Crippen LogP contribution in [0.4, 0.5) is 4.79 Å². The first kappa shape index (κ1) is 8.81. The van der Waals surface area contributed by atoms with E-state index in [4.69, 9.17) is 4.74 Å². The summed E-state index contributed by atoms with van der Waals surface area (Å²) in [4.78, 5) is 13.0. The van der Waals surface area contributed by atoms with Crippen LogP contribution in [0.5, 0.6) is 0 Å². The van der Waals surface area contributed by atoms with E-state index in [2.05, 4.69) is 5.32 Å². The van der Waals surface area contributed by atoms with Crippen molar-refractivity contribution in [3.8, 4) is 0 Å². The van der Waals surface area contributed by atoms with Gasteiger partial charge in [0.05, 0.1) is 7.11 Å². The molecule has 2 aliphatic rings. The Morgan fingerprint density at radius 3 is 3.00 bits per heavy atom. The van der Waals surface area contributed by atoms with Gasteiger partial charge in [-0.2, -0.15) is 0 Å². The molecule has 4 heteroatoms. The van der Waals surface area contributed by atoms with Crippen LogP contribution in [0.1, 0.15) is 12.8 Å². The minimum absolute atomic E-state index is 0.177. The Labute approximate surface area is 78.2 Å².